The summed E-state index contributed by atoms with van der Waals surface area (Å²) in [5.74, 6) is 0.224. The molecule has 5 nitrogen and oxygen atoms in total. The standard InChI is InChI=1S/C15H18N2O3/c1-11-3-4-13(19-2)12(9-11)14(18)17-15(10-16)5-7-20-8-6-15/h3-4,9H,5-8H2,1-2H3,(H,17,18). The van der Waals surface area contributed by atoms with Crippen molar-refractivity contribution in [3.63, 3.8) is 0 Å². The molecule has 0 spiro atoms. The second-order valence-corrected chi connectivity index (χ2v) is 4.96. The fourth-order valence-electron chi connectivity index (χ4n) is 2.27. The van der Waals surface area contributed by atoms with Crippen LogP contribution < -0.4 is 10.1 Å². The largest absolute Gasteiger partial charge is 0.496 e. The zero-order chi connectivity index (χ0) is 14.6. The lowest BCUT2D eigenvalue weighted by Crippen LogP contribution is -2.51. The van der Waals surface area contributed by atoms with Gasteiger partial charge < -0.3 is 14.8 Å². The van der Waals surface area contributed by atoms with Gasteiger partial charge in [0.05, 0.1) is 18.7 Å². The van der Waals surface area contributed by atoms with Gasteiger partial charge in [0.2, 0.25) is 0 Å². The lowest BCUT2D eigenvalue weighted by Gasteiger charge is -2.31. The van der Waals surface area contributed by atoms with Crippen LogP contribution in [0.2, 0.25) is 0 Å². The molecular weight excluding hydrogens is 256 g/mol. The van der Waals surface area contributed by atoms with Gasteiger partial charge in [-0.25, -0.2) is 0 Å². The first-order valence-corrected chi connectivity index (χ1v) is 6.56. The molecule has 1 aliphatic heterocycles. The average Bonchev–Trinajstić information content (AvgIpc) is 2.48. The number of benzene rings is 1. The van der Waals surface area contributed by atoms with Gasteiger partial charge in [0.1, 0.15) is 11.3 Å². The molecule has 0 aliphatic carbocycles. The van der Waals surface area contributed by atoms with E-state index in [-0.39, 0.29) is 5.91 Å². The SMILES string of the molecule is COc1ccc(C)cc1C(=O)NC1(C#N)CCOCC1. The molecule has 0 aromatic heterocycles. The van der Waals surface area contributed by atoms with E-state index in [9.17, 15) is 10.1 Å². The molecule has 1 aliphatic rings. The quantitative estimate of drug-likeness (QED) is 0.912. The van der Waals surface area contributed by atoms with Gasteiger partial charge in [-0.1, -0.05) is 11.6 Å². The molecule has 1 fully saturated rings. The van der Waals surface area contributed by atoms with E-state index < -0.39 is 5.54 Å². The van der Waals surface area contributed by atoms with Crippen LogP contribution >= 0.6 is 0 Å². The third kappa shape index (κ3) is 2.91. The minimum atomic E-state index is -0.843. The van der Waals surface area contributed by atoms with Crippen molar-refractivity contribution in [2.75, 3.05) is 20.3 Å². The summed E-state index contributed by atoms with van der Waals surface area (Å²) in [5, 5.41) is 12.2. The molecule has 1 amide bonds. The topological polar surface area (TPSA) is 71.3 Å². The molecule has 0 radical (unpaired) electrons. The van der Waals surface area contributed by atoms with Gasteiger partial charge in [0, 0.05) is 26.1 Å². The molecule has 0 unspecified atom stereocenters. The van der Waals surface area contributed by atoms with Crippen molar-refractivity contribution < 1.29 is 14.3 Å². The fourth-order valence-corrected chi connectivity index (χ4v) is 2.27. The summed E-state index contributed by atoms with van der Waals surface area (Å²) in [6.07, 6.45) is 1.01. The molecule has 0 bridgehead atoms. The molecule has 106 valence electrons. The summed E-state index contributed by atoms with van der Waals surface area (Å²) in [4.78, 5) is 12.4. The molecule has 1 aromatic rings. The molecule has 0 atom stereocenters. The minimum absolute atomic E-state index is 0.283. The number of hydrogen-bond donors (Lipinski definition) is 1. The molecule has 0 saturated carbocycles. The highest BCUT2D eigenvalue weighted by atomic mass is 16.5. The smallest absolute Gasteiger partial charge is 0.256 e. The summed E-state index contributed by atoms with van der Waals surface area (Å²) in [5.41, 5.74) is 0.576. The van der Waals surface area contributed by atoms with E-state index in [1.54, 1.807) is 12.1 Å². The molecule has 1 N–H and O–H groups in total. The number of nitriles is 1. The Morgan fingerprint density at radius 3 is 2.75 bits per heavy atom. The van der Waals surface area contributed by atoms with E-state index in [0.29, 0.717) is 37.4 Å². The van der Waals surface area contributed by atoms with Crippen LogP contribution in [0, 0.1) is 18.3 Å². The fraction of sp³-hybridized carbons (Fsp3) is 0.467. The van der Waals surface area contributed by atoms with E-state index in [4.69, 9.17) is 9.47 Å². The Kier molecular flexibility index (Phi) is 4.26. The normalized spacial score (nSPS) is 17.1. The van der Waals surface area contributed by atoms with Crippen LogP contribution in [-0.2, 0) is 4.74 Å². The summed E-state index contributed by atoms with van der Waals surface area (Å²) in [7, 11) is 1.52. The Morgan fingerprint density at radius 1 is 1.45 bits per heavy atom. The molecule has 1 aromatic carbocycles. The number of methoxy groups -OCH3 is 1. The second-order valence-electron chi connectivity index (χ2n) is 4.96. The van der Waals surface area contributed by atoms with Crippen LogP contribution in [0.4, 0.5) is 0 Å². The monoisotopic (exact) mass is 274 g/mol. The molecule has 5 heteroatoms. The van der Waals surface area contributed by atoms with Crippen molar-refractivity contribution >= 4 is 5.91 Å². The zero-order valence-corrected chi connectivity index (χ0v) is 11.7. The predicted octanol–water partition coefficient (Wildman–Crippen LogP) is 1.81. The van der Waals surface area contributed by atoms with Crippen LogP contribution in [0.5, 0.6) is 5.75 Å². The van der Waals surface area contributed by atoms with Crippen molar-refractivity contribution in [2.45, 2.75) is 25.3 Å². The van der Waals surface area contributed by atoms with E-state index in [2.05, 4.69) is 11.4 Å². The Hall–Kier alpha value is -2.06. The maximum atomic E-state index is 12.4. The first-order chi connectivity index (χ1) is 9.60. The number of rotatable bonds is 3. The van der Waals surface area contributed by atoms with Crippen LogP contribution in [0.1, 0.15) is 28.8 Å². The van der Waals surface area contributed by atoms with E-state index in [1.807, 2.05) is 13.0 Å². The van der Waals surface area contributed by atoms with Crippen molar-refractivity contribution in [3.8, 4) is 11.8 Å². The first-order valence-electron chi connectivity index (χ1n) is 6.56. The Morgan fingerprint density at radius 2 is 2.15 bits per heavy atom. The average molecular weight is 274 g/mol. The van der Waals surface area contributed by atoms with Crippen molar-refractivity contribution in [2.24, 2.45) is 0 Å². The van der Waals surface area contributed by atoms with E-state index in [1.165, 1.54) is 7.11 Å². The third-order valence-corrected chi connectivity index (χ3v) is 3.51. The highest BCUT2D eigenvalue weighted by molar-refractivity contribution is 5.97. The Bertz CT molecular complexity index is 543. The van der Waals surface area contributed by atoms with Crippen LogP contribution in [0.3, 0.4) is 0 Å². The van der Waals surface area contributed by atoms with Crippen LogP contribution in [0.15, 0.2) is 18.2 Å². The van der Waals surface area contributed by atoms with E-state index in [0.717, 1.165) is 5.56 Å². The van der Waals surface area contributed by atoms with Gasteiger partial charge in [-0.15, -0.1) is 0 Å². The van der Waals surface area contributed by atoms with Gasteiger partial charge in [0.15, 0.2) is 0 Å². The van der Waals surface area contributed by atoms with Gasteiger partial charge in [0.25, 0.3) is 5.91 Å². The molecule has 20 heavy (non-hydrogen) atoms. The molecule has 1 saturated heterocycles. The van der Waals surface area contributed by atoms with Gasteiger partial charge in [-0.3, -0.25) is 4.79 Å². The number of nitrogens with one attached hydrogen (secondary N) is 1. The Labute approximate surface area is 118 Å². The van der Waals surface area contributed by atoms with Gasteiger partial charge in [-0.05, 0) is 19.1 Å². The number of amides is 1. The maximum absolute atomic E-state index is 12.4. The second kappa shape index (κ2) is 5.93. The zero-order valence-electron chi connectivity index (χ0n) is 11.7. The van der Waals surface area contributed by atoms with Gasteiger partial charge in [-0.2, -0.15) is 5.26 Å². The number of ether oxygens (including phenoxy) is 2. The predicted molar refractivity (Wildman–Crippen MR) is 73.6 cm³/mol. The molecule has 2 rings (SSSR count). The lowest BCUT2D eigenvalue weighted by atomic mass is 9.91. The third-order valence-electron chi connectivity index (χ3n) is 3.51. The number of hydrogen-bond acceptors (Lipinski definition) is 4. The highest BCUT2D eigenvalue weighted by Crippen LogP contribution is 2.24. The van der Waals surface area contributed by atoms with E-state index >= 15 is 0 Å². The number of carbonyl (C=O) groups excluding carboxylic acids is 1. The van der Waals surface area contributed by atoms with Crippen LogP contribution in [0.25, 0.3) is 0 Å². The summed E-state index contributed by atoms with van der Waals surface area (Å²) in [6, 6.07) is 7.62. The Balaban J connectivity index is 2.23. The summed E-state index contributed by atoms with van der Waals surface area (Å²) >= 11 is 0. The molecular formula is C15H18N2O3. The number of aryl methyl sites for hydroxylation is 1. The molecule has 1 heterocycles. The summed E-state index contributed by atoms with van der Waals surface area (Å²) in [6.45, 7) is 2.88. The lowest BCUT2D eigenvalue weighted by molar-refractivity contribution is 0.0530. The minimum Gasteiger partial charge on any atom is -0.496 e. The van der Waals surface area contributed by atoms with Crippen molar-refractivity contribution in [1.82, 2.24) is 5.32 Å². The van der Waals surface area contributed by atoms with Crippen molar-refractivity contribution in [1.29, 1.82) is 5.26 Å². The van der Waals surface area contributed by atoms with Crippen LogP contribution in [-0.4, -0.2) is 31.8 Å². The highest BCUT2D eigenvalue weighted by Gasteiger charge is 2.35. The van der Waals surface area contributed by atoms with Crippen molar-refractivity contribution in [3.05, 3.63) is 29.3 Å². The number of nitrogens with zero attached hydrogens (tertiary/aromatic N) is 1. The maximum Gasteiger partial charge on any atom is 0.256 e. The van der Waals surface area contributed by atoms with Gasteiger partial charge >= 0.3 is 0 Å². The number of carbonyl (C=O) groups is 1. The first kappa shape index (κ1) is 14.4. The summed E-state index contributed by atoms with van der Waals surface area (Å²) < 4.78 is 10.5.